The number of halogens is 1. The van der Waals surface area contributed by atoms with Gasteiger partial charge in [0.25, 0.3) is 0 Å². The SMILES string of the molecule is C=CCOc1cc(-c2ccc(Cl)cc2)ccc1C#Cc1ccccc1. The topological polar surface area (TPSA) is 9.23 Å². The Balaban J connectivity index is 1.96. The van der Waals surface area contributed by atoms with Gasteiger partial charge >= 0.3 is 0 Å². The van der Waals surface area contributed by atoms with E-state index in [0.717, 1.165) is 33.0 Å². The summed E-state index contributed by atoms with van der Waals surface area (Å²) in [6.07, 6.45) is 1.73. The third-order valence-corrected chi connectivity index (χ3v) is 3.88. The average molecular weight is 345 g/mol. The van der Waals surface area contributed by atoms with Gasteiger partial charge in [0.05, 0.1) is 5.56 Å². The lowest BCUT2D eigenvalue weighted by Crippen LogP contribution is -1.96. The minimum Gasteiger partial charge on any atom is -0.488 e. The van der Waals surface area contributed by atoms with Gasteiger partial charge in [0.2, 0.25) is 0 Å². The summed E-state index contributed by atoms with van der Waals surface area (Å²) < 4.78 is 5.81. The van der Waals surface area contributed by atoms with E-state index in [1.165, 1.54) is 0 Å². The zero-order valence-corrected chi connectivity index (χ0v) is 14.5. The standard InChI is InChI=1S/C23H17ClO/c1-2-16-25-23-17-21(19-12-14-22(24)15-13-19)11-10-20(23)9-8-18-6-4-3-5-7-18/h2-7,10-15,17H,1,16H2. The molecule has 0 aliphatic heterocycles. The van der Waals surface area contributed by atoms with Gasteiger partial charge in [-0.2, -0.15) is 0 Å². The highest BCUT2D eigenvalue weighted by molar-refractivity contribution is 6.30. The van der Waals surface area contributed by atoms with Crippen molar-refractivity contribution in [1.82, 2.24) is 0 Å². The van der Waals surface area contributed by atoms with E-state index >= 15 is 0 Å². The second-order valence-electron chi connectivity index (χ2n) is 5.43. The zero-order valence-electron chi connectivity index (χ0n) is 13.7. The quantitative estimate of drug-likeness (QED) is 0.418. The van der Waals surface area contributed by atoms with Gasteiger partial charge in [-0.25, -0.2) is 0 Å². The predicted octanol–water partition coefficient (Wildman–Crippen LogP) is 5.97. The highest BCUT2D eigenvalue weighted by Crippen LogP contribution is 2.28. The van der Waals surface area contributed by atoms with Crippen LogP contribution in [0.5, 0.6) is 5.75 Å². The molecule has 0 N–H and O–H groups in total. The van der Waals surface area contributed by atoms with Crippen molar-refractivity contribution in [3.8, 4) is 28.7 Å². The molecule has 0 saturated heterocycles. The van der Waals surface area contributed by atoms with Crippen molar-refractivity contribution in [2.45, 2.75) is 0 Å². The fourth-order valence-electron chi connectivity index (χ4n) is 2.38. The first-order chi connectivity index (χ1) is 12.3. The normalized spacial score (nSPS) is 9.80. The van der Waals surface area contributed by atoms with Crippen LogP contribution in [0, 0.1) is 11.8 Å². The summed E-state index contributed by atoms with van der Waals surface area (Å²) in [5.41, 5.74) is 3.96. The molecule has 0 heterocycles. The molecule has 3 aromatic carbocycles. The Morgan fingerprint density at radius 2 is 1.60 bits per heavy atom. The van der Waals surface area contributed by atoms with Crippen molar-refractivity contribution in [2.75, 3.05) is 6.61 Å². The van der Waals surface area contributed by atoms with Crippen molar-refractivity contribution < 1.29 is 4.74 Å². The van der Waals surface area contributed by atoms with Gasteiger partial charge in [-0.3, -0.25) is 0 Å². The maximum Gasteiger partial charge on any atom is 0.136 e. The molecule has 0 atom stereocenters. The van der Waals surface area contributed by atoms with Crippen LogP contribution in [0.15, 0.2) is 85.5 Å². The molecule has 2 heteroatoms. The predicted molar refractivity (Wildman–Crippen MR) is 105 cm³/mol. The molecule has 3 aromatic rings. The largest absolute Gasteiger partial charge is 0.488 e. The van der Waals surface area contributed by atoms with E-state index in [-0.39, 0.29) is 0 Å². The molecular formula is C23H17ClO. The third kappa shape index (κ3) is 4.53. The van der Waals surface area contributed by atoms with Crippen LogP contribution < -0.4 is 4.74 Å². The van der Waals surface area contributed by atoms with E-state index in [4.69, 9.17) is 16.3 Å². The molecule has 0 aromatic heterocycles. The smallest absolute Gasteiger partial charge is 0.136 e. The van der Waals surface area contributed by atoms with Crippen LogP contribution in [0.4, 0.5) is 0 Å². The molecule has 0 amide bonds. The van der Waals surface area contributed by atoms with Crippen molar-refractivity contribution >= 4 is 11.6 Å². The van der Waals surface area contributed by atoms with Gasteiger partial charge < -0.3 is 4.74 Å². The highest BCUT2D eigenvalue weighted by Gasteiger charge is 2.05. The molecule has 0 spiro atoms. The van der Waals surface area contributed by atoms with Crippen molar-refractivity contribution in [3.63, 3.8) is 0 Å². The van der Waals surface area contributed by atoms with Gasteiger partial charge in [-0.15, -0.1) is 0 Å². The zero-order chi connectivity index (χ0) is 17.5. The Kier molecular flexibility index (Phi) is 5.57. The van der Waals surface area contributed by atoms with Gasteiger partial charge in [0.1, 0.15) is 12.4 Å². The molecule has 0 aliphatic carbocycles. The molecule has 0 unspecified atom stereocenters. The lowest BCUT2D eigenvalue weighted by Gasteiger charge is -2.09. The Bertz CT molecular complexity index is 916. The maximum atomic E-state index is 5.97. The van der Waals surface area contributed by atoms with E-state index in [0.29, 0.717) is 6.61 Å². The van der Waals surface area contributed by atoms with E-state index in [1.807, 2.05) is 72.8 Å². The molecule has 25 heavy (non-hydrogen) atoms. The first-order valence-electron chi connectivity index (χ1n) is 7.97. The lowest BCUT2D eigenvalue weighted by atomic mass is 10.0. The van der Waals surface area contributed by atoms with Crippen molar-refractivity contribution in [3.05, 3.63) is 102 Å². The van der Waals surface area contributed by atoms with Gasteiger partial charge in [0.15, 0.2) is 0 Å². The lowest BCUT2D eigenvalue weighted by molar-refractivity contribution is 0.362. The van der Waals surface area contributed by atoms with E-state index in [9.17, 15) is 0 Å². The fourth-order valence-corrected chi connectivity index (χ4v) is 2.50. The minimum absolute atomic E-state index is 0.435. The molecule has 3 rings (SSSR count). The molecule has 0 saturated carbocycles. The van der Waals surface area contributed by atoms with E-state index < -0.39 is 0 Å². The summed E-state index contributed by atoms with van der Waals surface area (Å²) in [6, 6.07) is 23.7. The van der Waals surface area contributed by atoms with Gasteiger partial charge in [-0.05, 0) is 47.5 Å². The van der Waals surface area contributed by atoms with Crippen molar-refractivity contribution in [2.24, 2.45) is 0 Å². The fraction of sp³-hybridized carbons (Fsp3) is 0.0435. The number of ether oxygens (including phenoxy) is 1. The second-order valence-corrected chi connectivity index (χ2v) is 5.87. The molecule has 0 bridgehead atoms. The number of rotatable bonds is 4. The van der Waals surface area contributed by atoms with Gasteiger partial charge in [-0.1, -0.05) is 72.5 Å². The van der Waals surface area contributed by atoms with Crippen LogP contribution in [0.3, 0.4) is 0 Å². The Hall–Kier alpha value is -2.95. The first-order valence-corrected chi connectivity index (χ1v) is 8.35. The highest BCUT2D eigenvalue weighted by atomic mass is 35.5. The molecular weight excluding hydrogens is 328 g/mol. The Morgan fingerprint density at radius 1 is 0.880 bits per heavy atom. The summed E-state index contributed by atoms with van der Waals surface area (Å²) in [6.45, 7) is 4.15. The van der Waals surface area contributed by atoms with Crippen LogP contribution in [-0.2, 0) is 0 Å². The molecule has 0 fully saturated rings. The third-order valence-electron chi connectivity index (χ3n) is 3.63. The van der Waals surface area contributed by atoms with Crippen LogP contribution in [0.1, 0.15) is 11.1 Å². The average Bonchev–Trinajstić information content (AvgIpc) is 2.66. The van der Waals surface area contributed by atoms with Crippen LogP contribution in [-0.4, -0.2) is 6.61 Å². The van der Waals surface area contributed by atoms with Crippen molar-refractivity contribution in [1.29, 1.82) is 0 Å². The number of hydrogen-bond acceptors (Lipinski definition) is 1. The summed E-state index contributed by atoms with van der Waals surface area (Å²) >= 11 is 5.97. The van der Waals surface area contributed by atoms with E-state index in [1.54, 1.807) is 6.08 Å². The Labute approximate surface area is 153 Å². The number of benzene rings is 3. The minimum atomic E-state index is 0.435. The number of hydrogen-bond donors (Lipinski definition) is 0. The Morgan fingerprint density at radius 3 is 2.32 bits per heavy atom. The van der Waals surface area contributed by atoms with Crippen LogP contribution in [0.2, 0.25) is 5.02 Å². The maximum absolute atomic E-state index is 5.97. The molecule has 0 aliphatic rings. The summed E-state index contributed by atoms with van der Waals surface area (Å²) in [7, 11) is 0. The monoisotopic (exact) mass is 344 g/mol. The molecule has 0 radical (unpaired) electrons. The summed E-state index contributed by atoms with van der Waals surface area (Å²) in [5, 5.41) is 0.720. The summed E-state index contributed by atoms with van der Waals surface area (Å²) in [4.78, 5) is 0. The first kappa shape index (κ1) is 16.9. The molecule has 1 nitrogen and oxygen atoms in total. The van der Waals surface area contributed by atoms with Crippen LogP contribution in [0.25, 0.3) is 11.1 Å². The van der Waals surface area contributed by atoms with E-state index in [2.05, 4.69) is 18.4 Å². The molecule has 122 valence electrons. The van der Waals surface area contributed by atoms with Crippen LogP contribution >= 0.6 is 11.6 Å². The van der Waals surface area contributed by atoms with Gasteiger partial charge in [0, 0.05) is 10.6 Å². The summed E-state index contributed by atoms with van der Waals surface area (Å²) in [5.74, 6) is 7.11. The second kappa shape index (κ2) is 8.24.